The summed E-state index contributed by atoms with van der Waals surface area (Å²) < 4.78 is 38.9. The van der Waals surface area contributed by atoms with Gasteiger partial charge in [0.25, 0.3) is 5.91 Å². The zero-order chi connectivity index (χ0) is 18.6. The van der Waals surface area contributed by atoms with E-state index in [1.54, 1.807) is 11.4 Å². The number of amides is 1. The van der Waals surface area contributed by atoms with E-state index in [0.717, 1.165) is 6.26 Å². The van der Waals surface area contributed by atoms with Crippen LogP contribution in [0.3, 0.4) is 0 Å². The normalized spacial score (nSPS) is 13.0. The minimum absolute atomic E-state index is 0.160. The van der Waals surface area contributed by atoms with Crippen molar-refractivity contribution in [2.45, 2.75) is 26.3 Å². The number of nitrogens with zero attached hydrogens (tertiary/aromatic N) is 1. The summed E-state index contributed by atoms with van der Waals surface area (Å²) >= 11 is 1.21. The summed E-state index contributed by atoms with van der Waals surface area (Å²) in [4.78, 5) is 16.5. The van der Waals surface area contributed by atoms with Crippen LogP contribution in [0.25, 0.3) is 0 Å². The highest BCUT2D eigenvalue weighted by atomic mass is 32.2. The average molecular weight is 385 g/mol. The Bertz CT molecular complexity index is 850. The first kappa shape index (κ1) is 19.5. The van der Waals surface area contributed by atoms with Crippen LogP contribution in [0.5, 0.6) is 0 Å². The number of benzene rings is 1. The third kappa shape index (κ3) is 6.18. The highest BCUT2D eigenvalue weighted by molar-refractivity contribution is 7.88. The maximum Gasteiger partial charge on any atom is 0.275 e. The molecule has 1 amide bonds. The van der Waals surface area contributed by atoms with Gasteiger partial charge in [0.15, 0.2) is 0 Å². The maximum absolute atomic E-state index is 13.2. The van der Waals surface area contributed by atoms with Crippen molar-refractivity contribution in [1.29, 1.82) is 0 Å². The minimum Gasteiger partial charge on any atom is -0.321 e. The van der Waals surface area contributed by atoms with Crippen molar-refractivity contribution in [2.24, 2.45) is 5.92 Å². The zero-order valence-electron chi connectivity index (χ0n) is 14.1. The number of halogens is 1. The monoisotopic (exact) mass is 385 g/mol. The van der Waals surface area contributed by atoms with Crippen LogP contribution in [0.1, 0.15) is 41.8 Å². The van der Waals surface area contributed by atoms with Crippen molar-refractivity contribution in [3.63, 3.8) is 0 Å². The molecule has 0 saturated carbocycles. The number of carbonyl (C=O) groups excluding carboxylic acids is 1. The van der Waals surface area contributed by atoms with Gasteiger partial charge < -0.3 is 5.32 Å². The molecule has 0 aliphatic carbocycles. The van der Waals surface area contributed by atoms with E-state index in [9.17, 15) is 17.6 Å². The minimum atomic E-state index is -3.41. The van der Waals surface area contributed by atoms with E-state index in [0.29, 0.717) is 17.1 Å². The third-order valence-corrected chi connectivity index (χ3v) is 4.87. The summed E-state index contributed by atoms with van der Waals surface area (Å²) in [6.07, 6.45) is 1.65. The highest BCUT2D eigenvalue weighted by Crippen LogP contribution is 2.25. The number of hydrogen-bond acceptors (Lipinski definition) is 5. The second kappa shape index (κ2) is 8.03. The Balaban J connectivity index is 2.16. The molecule has 2 N–H and O–H groups in total. The molecule has 136 valence electrons. The molecular weight excluding hydrogens is 365 g/mol. The lowest BCUT2D eigenvalue weighted by molar-refractivity contribution is 0.102. The molecule has 1 atom stereocenters. The van der Waals surface area contributed by atoms with Crippen LogP contribution in [0.2, 0.25) is 0 Å². The SMILES string of the molecule is CC(C)C[C@@H](NS(C)(=O)=O)c1nc(C(=O)Nc2cccc(F)c2)cs1. The Morgan fingerprint density at radius 1 is 1.36 bits per heavy atom. The molecule has 0 aliphatic heterocycles. The number of nitrogens with one attached hydrogen (secondary N) is 2. The van der Waals surface area contributed by atoms with Gasteiger partial charge in [0.05, 0.1) is 12.3 Å². The second-order valence-corrected chi connectivity index (χ2v) is 8.78. The molecule has 2 rings (SSSR count). The van der Waals surface area contributed by atoms with Gasteiger partial charge in [-0.15, -0.1) is 11.3 Å². The molecule has 0 bridgehead atoms. The Morgan fingerprint density at radius 2 is 2.08 bits per heavy atom. The average Bonchev–Trinajstić information content (AvgIpc) is 2.94. The van der Waals surface area contributed by atoms with Crippen LogP contribution in [0.15, 0.2) is 29.6 Å². The van der Waals surface area contributed by atoms with Gasteiger partial charge in [-0.25, -0.2) is 22.5 Å². The van der Waals surface area contributed by atoms with Crippen LogP contribution < -0.4 is 10.0 Å². The number of sulfonamides is 1. The molecule has 1 aromatic heterocycles. The summed E-state index contributed by atoms with van der Waals surface area (Å²) in [6, 6.07) is 5.06. The van der Waals surface area contributed by atoms with Crippen LogP contribution in [-0.4, -0.2) is 25.6 Å². The van der Waals surface area contributed by atoms with E-state index in [2.05, 4.69) is 15.0 Å². The van der Waals surface area contributed by atoms with Crippen LogP contribution in [-0.2, 0) is 10.0 Å². The molecule has 25 heavy (non-hydrogen) atoms. The van der Waals surface area contributed by atoms with Crippen LogP contribution in [0, 0.1) is 11.7 Å². The summed E-state index contributed by atoms with van der Waals surface area (Å²) in [7, 11) is -3.41. The fourth-order valence-electron chi connectivity index (χ4n) is 2.24. The maximum atomic E-state index is 13.2. The van der Waals surface area contributed by atoms with E-state index in [4.69, 9.17) is 0 Å². The Hall–Kier alpha value is -1.84. The van der Waals surface area contributed by atoms with Crippen molar-refractivity contribution in [3.8, 4) is 0 Å². The zero-order valence-corrected chi connectivity index (χ0v) is 15.7. The topological polar surface area (TPSA) is 88.2 Å². The van der Waals surface area contributed by atoms with Gasteiger partial charge in [-0.05, 0) is 30.5 Å². The molecule has 1 aromatic carbocycles. The van der Waals surface area contributed by atoms with E-state index in [1.165, 1.54) is 29.5 Å². The second-order valence-electron chi connectivity index (χ2n) is 6.11. The summed E-state index contributed by atoms with van der Waals surface area (Å²) in [6.45, 7) is 3.95. The van der Waals surface area contributed by atoms with Gasteiger partial charge in [-0.3, -0.25) is 4.79 Å². The van der Waals surface area contributed by atoms with E-state index >= 15 is 0 Å². The number of hydrogen-bond donors (Lipinski definition) is 2. The molecule has 0 radical (unpaired) electrons. The van der Waals surface area contributed by atoms with Crippen LogP contribution in [0.4, 0.5) is 10.1 Å². The third-order valence-electron chi connectivity index (χ3n) is 3.20. The highest BCUT2D eigenvalue weighted by Gasteiger charge is 2.22. The molecule has 0 unspecified atom stereocenters. The number of carbonyl (C=O) groups is 1. The van der Waals surface area contributed by atoms with Crippen molar-refractivity contribution in [2.75, 3.05) is 11.6 Å². The Morgan fingerprint density at radius 3 is 2.68 bits per heavy atom. The first-order valence-electron chi connectivity index (χ1n) is 7.63. The molecule has 0 fully saturated rings. The molecule has 6 nitrogen and oxygen atoms in total. The standard InChI is InChI=1S/C16H20FN3O3S2/c1-10(2)7-13(20-25(3,22)23)16-19-14(9-24-16)15(21)18-12-6-4-5-11(17)8-12/h4-6,8-10,13,20H,7H2,1-3H3,(H,18,21)/t13-/m1/s1. The van der Waals surface area contributed by atoms with Gasteiger partial charge in [-0.2, -0.15) is 0 Å². The number of anilines is 1. The lowest BCUT2D eigenvalue weighted by Gasteiger charge is -2.17. The number of aromatic nitrogens is 1. The van der Waals surface area contributed by atoms with Crippen molar-refractivity contribution in [3.05, 3.63) is 46.2 Å². The molecule has 2 aromatic rings. The van der Waals surface area contributed by atoms with Gasteiger partial charge >= 0.3 is 0 Å². The van der Waals surface area contributed by atoms with E-state index < -0.39 is 27.8 Å². The largest absolute Gasteiger partial charge is 0.321 e. The van der Waals surface area contributed by atoms with Gasteiger partial charge in [0, 0.05) is 11.1 Å². The summed E-state index contributed by atoms with van der Waals surface area (Å²) in [5.41, 5.74) is 0.487. The summed E-state index contributed by atoms with van der Waals surface area (Å²) in [5, 5.41) is 4.64. The first-order chi connectivity index (χ1) is 11.6. The first-order valence-corrected chi connectivity index (χ1v) is 10.4. The fourth-order valence-corrected chi connectivity index (χ4v) is 3.90. The Labute approximate surface area is 150 Å². The lowest BCUT2D eigenvalue weighted by atomic mass is 10.1. The predicted octanol–water partition coefficient (Wildman–Crippen LogP) is 3.17. The Kier molecular flexibility index (Phi) is 6.26. The molecular formula is C16H20FN3O3S2. The van der Waals surface area contributed by atoms with E-state index in [-0.39, 0.29) is 11.6 Å². The molecule has 9 heteroatoms. The van der Waals surface area contributed by atoms with Gasteiger partial charge in [0.1, 0.15) is 16.5 Å². The van der Waals surface area contributed by atoms with Crippen molar-refractivity contribution < 1.29 is 17.6 Å². The molecule has 1 heterocycles. The number of thiazole rings is 1. The van der Waals surface area contributed by atoms with Crippen molar-refractivity contribution >= 4 is 33.0 Å². The summed E-state index contributed by atoms with van der Waals surface area (Å²) in [5.74, 6) is -0.686. The van der Waals surface area contributed by atoms with Gasteiger partial charge in [0.2, 0.25) is 10.0 Å². The number of rotatable bonds is 7. The predicted molar refractivity (Wildman–Crippen MR) is 96.6 cm³/mol. The molecule has 0 spiro atoms. The van der Waals surface area contributed by atoms with Crippen LogP contribution >= 0.6 is 11.3 Å². The van der Waals surface area contributed by atoms with Gasteiger partial charge in [-0.1, -0.05) is 19.9 Å². The lowest BCUT2D eigenvalue weighted by Crippen LogP contribution is -2.28. The van der Waals surface area contributed by atoms with Crippen molar-refractivity contribution in [1.82, 2.24) is 9.71 Å². The quantitative estimate of drug-likeness (QED) is 0.766. The fraction of sp³-hybridized carbons (Fsp3) is 0.375. The molecule has 0 saturated heterocycles. The van der Waals surface area contributed by atoms with E-state index in [1.807, 2.05) is 13.8 Å². The molecule has 0 aliphatic rings. The smallest absolute Gasteiger partial charge is 0.275 e.